The Morgan fingerprint density at radius 2 is 1.69 bits per heavy atom. The Balaban J connectivity index is 1.91. The maximum absolute atomic E-state index is 12.1. The Bertz CT molecular complexity index is 791. The van der Waals surface area contributed by atoms with Crippen molar-refractivity contribution in [2.75, 3.05) is 31.4 Å². The van der Waals surface area contributed by atoms with Gasteiger partial charge in [-0.05, 0) is 31.2 Å². The van der Waals surface area contributed by atoms with E-state index in [2.05, 4.69) is 10.6 Å². The largest absolute Gasteiger partial charge is 0.495 e. The third kappa shape index (κ3) is 5.13. The first-order valence-corrected chi connectivity index (χ1v) is 8.38. The summed E-state index contributed by atoms with van der Waals surface area (Å²) in [5.74, 6) is 0.924. The van der Waals surface area contributed by atoms with Crippen molar-refractivity contribution < 1.29 is 19.1 Å². The highest BCUT2D eigenvalue weighted by atomic mass is 35.5. The monoisotopic (exact) mass is 376 g/mol. The molecule has 0 aliphatic rings. The van der Waals surface area contributed by atoms with Gasteiger partial charge in [0.15, 0.2) is 5.78 Å². The van der Waals surface area contributed by atoms with Crippen molar-refractivity contribution in [3.8, 4) is 11.5 Å². The lowest BCUT2D eigenvalue weighted by Crippen LogP contribution is -2.16. The number of nitrogens with one attached hydrogen (secondary N) is 2. The fourth-order valence-corrected chi connectivity index (χ4v) is 2.55. The summed E-state index contributed by atoms with van der Waals surface area (Å²) in [6.07, 6.45) is 0.253. The van der Waals surface area contributed by atoms with Crippen molar-refractivity contribution in [3.63, 3.8) is 0 Å². The maximum Gasteiger partial charge on any atom is 0.226 e. The van der Waals surface area contributed by atoms with Crippen molar-refractivity contribution >= 4 is 34.7 Å². The van der Waals surface area contributed by atoms with Gasteiger partial charge in [0.25, 0.3) is 0 Å². The lowest BCUT2D eigenvalue weighted by atomic mass is 10.1. The first kappa shape index (κ1) is 19.6. The minimum absolute atomic E-state index is 0.0144. The lowest BCUT2D eigenvalue weighted by Gasteiger charge is -2.14. The van der Waals surface area contributed by atoms with Gasteiger partial charge in [-0.25, -0.2) is 0 Å². The molecule has 0 spiro atoms. The smallest absolute Gasteiger partial charge is 0.226 e. The zero-order valence-electron chi connectivity index (χ0n) is 14.9. The molecule has 2 N–H and O–H groups in total. The minimum Gasteiger partial charge on any atom is -0.495 e. The summed E-state index contributed by atoms with van der Waals surface area (Å²) in [6.45, 7) is 1.90. The molecule has 0 aliphatic heterocycles. The summed E-state index contributed by atoms with van der Waals surface area (Å²) >= 11 is 6.07. The van der Waals surface area contributed by atoms with E-state index in [1.54, 1.807) is 43.5 Å². The Kier molecular flexibility index (Phi) is 6.86. The van der Waals surface area contributed by atoms with Crippen molar-refractivity contribution in [2.24, 2.45) is 0 Å². The van der Waals surface area contributed by atoms with E-state index >= 15 is 0 Å². The number of Topliss-reactive ketones (excluding diaryl/α,β-unsaturated/α-hetero) is 1. The molecule has 0 unspecified atom stereocenters. The maximum atomic E-state index is 12.1. The molecule has 7 heteroatoms. The lowest BCUT2D eigenvalue weighted by molar-refractivity contribution is -0.115. The number of ketones is 1. The Labute approximate surface area is 157 Å². The predicted molar refractivity (Wildman–Crippen MR) is 103 cm³/mol. The van der Waals surface area contributed by atoms with E-state index in [1.165, 1.54) is 14.0 Å². The Morgan fingerprint density at radius 1 is 1.04 bits per heavy atom. The molecule has 2 rings (SSSR count). The summed E-state index contributed by atoms with van der Waals surface area (Å²) in [4.78, 5) is 23.3. The summed E-state index contributed by atoms with van der Waals surface area (Å²) in [5.41, 5.74) is 1.94. The number of amides is 1. The normalized spacial score (nSPS) is 10.2. The third-order valence-electron chi connectivity index (χ3n) is 3.72. The number of benzene rings is 2. The van der Waals surface area contributed by atoms with E-state index in [1.807, 2.05) is 0 Å². The second-order valence-corrected chi connectivity index (χ2v) is 5.95. The van der Waals surface area contributed by atoms with Crippen molar-refractivity contribution in [2.45, 2.75) is 13.3 Å². The van der Waals surface area contributed by atoms with E-state index < -0.39 is 0 Å². The summed E-state index contributed by atoms with van der Waals surface area (Å²) in [7, 11) is 3.07. The van der Waals surface area contributed by atoms with Crippen LogP contribution in [0.5, 0.6) is 11.5 Å². The number of hydrogen-bond acceptors (Lipinski definition) is 5. The van der Waals surface area contributed by atoms with E-state index in [-0.39, 0.29) is 18.1 Å². The molecule has 138 valence electrons. The van der Waals surface area contributed by atoms with Gasteiger partial charge in [-0.15, -0.1) is 0 Å². The zero-order valence-corrected chi connectivity index (χ0v) is 15.6. The first-order chi connectivity index (χ1) is 12.4. The van der Waals surface area contributed by atoms with Crippen LogP contribution in [0, 0.1) is 0 Å². The van der Waals surface area contributed by atoms with Gasteiger partial charge in [0.1, 0.15) is 11.5 Å². The second kappa shape index (κ2) is 9.10. The minimum atomic E-state index is -0.145. The van der Waals surface area contributed by atoms with Crippen LogP contribution in [-0.4, -0.2) is 32.5 Å². The molecule has 1 amide bonds. The molecule has 6 nitrogen and oxygen atoms in total. The van der Waals surface area contributed by atoms with Gasteiger partial charge in [0.2, 0.25) is 5.91 Å². The van der Waals surface area contributed by atoms with Gasteiger partial charge in [0, 0.05) is 36.3 Å². The molecule has 0 atom stereocenters. The van der Waals surface area contributed by atoms with Gasteiger partial charge < -0.3 is 20.1 Å². The second-order valence-electron chi connectivity index (χ2n) is 5.55. The van der Waals surface area contributed by atoms with Crippen molar-refractivity contribution in [1.29, 1.82) is 0 Å². The van der Waals surface area contributed by atoms with Gasteiger partial charge in [-0.3, -0.25) is 9.59 Å². The van der Waals surface area contributed by atoms with Crippen LogP contribution in [-0.2, 0) is 4.79 Å². The molecule has 0 saturated heterocycles. The number of carbonyl (C=O) groups excluding carboxylic acids is 2. The van der Waals surface area contributed by atoms with Crippen LogP contribution in [0.1, 0.15) is 23.7 Å². The highest BCUT2D eigenvalue weighted by Crippen LogP contribution is 2.35. The average molecular weight is 377 g/mol. The predicted octanol–water partition coefficient (Wildman–Crippen LogP) is 4.00. The van der Waals surface area contributed by atoms with Crippen LogP contribution < -0.4 is 20.1 Å². The number of hydrogen-bond donors (Lipinski definition) is 2. The van der Waals surface area contributed by atoms with E-state index in [0.717, 1.165) is 0 Å². The zero-order chi connectivity index (χ0) is 19.1. The fourth-order valence-electron chi connectivity index (χ4n) is 2.32. The number of methoxy groups -OCH3 is 2. The number of ether oxygens (including phenoxy) is 2. The van der Waals surface area contributed by atoms with Gasteiger partial charge in [-0.1, -0.05) is 11.6 Å². The van der Waals surface area contributed by atoms with Crippen molar-refractivity contribution in [1.82, 2.24) is 0 Å². The molecule has 0 aliphatic carbocycles. The molecule has 0 aromatic heterocycles. The SMILES string of the molecule is COc1cc(NCCC(=O)Nc2ccc(C(C)=O)cc2)c(OC)cc1Cl. The topological polar surface area (TPSA) is 76.7 Å². The van der Waals surface area contributed by atoms with Crippen LogP contribution in [0.4, 0.5) is 11.4 Å². The third-order valence-corrected chi connectivity index (χ3v) is 4.01. The molecular formula is C19H21ClN2O4. The highest BCUT2D eigenvalue weighted by Gasteiger charge is 2.10. The molecule has 0 heterocycles. The summed E-state index contributed by atoms with van der Waals surface area (Å²) in [6, 6.07) is 10.1. The Morgan fingerprint density at radius 3 is 2.27 bits per heavy atom. The molecule has 26 heavy (non-hydrogen) atoms. The van der Waals surface area contributed by atoms with E-state index in [0.29, 0.717) is 40.0 Å². The summed E-state index contributed by atoms with van der Waals surface area (Å²) in [5, 5.41) is 6.37. The Hall–Kier alpha value is -2.73. The molecule has 2 aromatic carbocycles. The average Bonchev–Trinajstić information content (AvgIpc) is 2.62. The molecule has 0 bridgehead atoms. The first-order valence-electron chi connectivity index (χ1n) is 8.01. The molecule has 2 aromatic rings. The van der Waals surface area contributed by atoms with Crippen LogP contribution in [0.2, 0.25) is 5.02 Å². The molecular weight excluding hydrogens is 356 g/mol. The van der Waals surface area contributed by atoms with Crippen molar-refractivity contribution in [3.05, 3.63) is 47.0 Å². The number of carbonyl (C=O) groups is 2. The summed E-state index contributed by atoms with van der Waals surface area (Å²) < 4.78 is 10.5. The highest BCUT2D eigenvalue weighted by molar-refractivity contribution is 6.32. The van der Waals surface area contributed by atoms with Gasteiger partial charge in [-0.2, -0.15) is 0 Å². The van der Waals surface area contributed by atoms with Gasteiger partial charge >= 0.3 is 0 Å². The number of halogens is 1. The quantitative estimate of drug-likeness (QED) is 0.681. The molecule has 0 fully saturated rings. The number of rotatable bonds is 8. The van der Waals surface area contributed by atoms with Crippen LogP contribution in [0.15, 0.2) is 36.4 Å². The van der Waals surface area contributed by atoms with Gasteiger partial charge in [0.05, 0.1) is 24.9 Å². The standard InChI is InChI=1S/C19H21ClN2O4/c1-12(23)13-4-6-14(7-5-13)22-19(24)8-9-21-16-11-17(25-2)15(20)10-18(16)26-3/h4-7,10-11,21H,8-9H2,1-3H3,(H,22,24). The number of anilines is 2. The fraction of sp³-hybridized carbons (Fsp3) is 0.263. The van der Waals surface area contributed by atoms with E-state index in [9.17, 15) is 9.59 Å². The molecule has 0 radical (unpaired) electrons. The molecule has 0 saturated carbocycles. The van der Waals surface area contributed by atoms with E-state index in [4.69, 9.17) is 21.1 Å². The van der Waals surface area contributed by atoms with Crippen LogP contribution in [0.25, 0.3) is 0 Å². The van der Waals surface area contributed by atoms with Crippen LogP contribution in [0.3, 0.4) is 0 Å². The van der Waals surface area contributed by atoms with Crippen LogP contribution >= 0.6 is 11.6 Å².